The molecule has 0 unspecified atom stereocenters. The van der Waals surface area contributed by atoms with E-state index in [-0.39, 0.29) is 7.43 Å². The molecule has 0 radical (unpaired) electrons. The van der Waals surface area contributed by atoms with Crippen molar-refractivity contribution in [3.8, 4) is 0 Å². The highest BCUT2D eigenvalue weighted by molar-refractivity contribution is 5.10. The second-order valence-corrected chi connectivity index (χ2v) is 1.24. The van der Waals surface area contributed by atoms with Gasteiger partial charge in [-0.3, -0.25) is 0 Å². The van der Waals surface area contributed by atoms with E-state index in [0.717, 1.165) is 0 Å². The van der Waals surface area contributed by atoms with Gasteiger partial charge in [-0.2, -0.15) is 0 Å². The first-order valence-corrected chi connectivity index (χ1v) is 6.06. The largest absolute Gasteiger partial charge is 0.0988 e. The summed E-state index contributed by atoms with van der Waals surface area (Å²) < 4.78 is 0. The summed E-state index contributed by atoms with van der Waals surface area (Å²) >= 11 is 0. The lowest BCUT2D eigenvalue weighted by Crippen LogP contribution is -1.57. The number of rotatable bonds is 1. The zero-order valence-corrected chi connectivity index (χ0v) is 12.4. The molecule has 0 fully saturated rings. The second-order valence-electron chi connectivity index (χ2n) is 1.24. The fourth-order valence-electron chi connectivity index (χ4n) is 0.118. The molecule has 98 valence electrons. The minimum Gasteiger partial charge on any atom is -0.0988 e. The lowest BCUT2D eigenvalue weighted by molar-refractivity contribution is 1.49. The zero-order valence-electron chi connectivity index (χ0n) is 12.4. The van der Waals surface area contributed by atoms with Crippen molar-refractivity contribution < 1.29 is 0 Å². The van der Waals surface area contributed by atoms with Crippen molar-refractivity contribution in [3.05, 3.63) is 24.3 Å². The van der Waals surface area contributed by atoms with Crippen molar-refractivity contribution in [1.29, 1.82) is 0 Å². The van der Waals surface area contributed by atoms with Crippen LogP contribution in [-0.2, 0) is 0 Å². The molecule has 0 aromatic rings. The normalized spacial score (nSPS) is 6.13. The molecule has 0 atom stereocenters. The molecule has 0 amide bonds. The van der Waals surface area contributed by atoms with E-state index in [1.807, 2.05) is 81.4 Å². The monoisotopic (exact) mass is 218 g/mol. The molecule has 0 aliphatic carbocycles. The molecule has 0 aromatic carbocycles. The second kappa shape index (κ2) is 105. The van der Waals surface area contributed by atoms with Crippen molar-refractivity contribution in [2.24, 2.45) is 0 Å². The quantitative estimate of drug-likeness (QED) is 0.421. The predicted molar refractivity (Wildman–Crippen MR) is 81.8 cm³/mol. The van der Waals surface area contributed by atoms with Crippen molar-refractivity contribution >= 4 is 0 Å². The predicted octanol–water partition coefficient (Wildman–Crippen LogP) is 6.88. The number of hydrogen-bond donors (Lipinski definition) is 0. The first-order chi connectivity index (χ1) is 6.81. The minimum atomic E-state index is 0. The van der Waals surface area contributed by atoms with Crippen molar-refractivity contribution in [2.75, 3.05) is 0 Å². The lowest BCUT2D eigenvalue weighted by Gasteiger charge is -1.78. The smallest absolute Gasteiger partial charge is 0.0401 e. The Bertz CT molecular complexity index is 68.1. The Labute approximate surface area is 101 Å². The van der Waals surface area contributed by atoms with E-state index in [9.17, 15) is 0 Å². The molecule has 0 heteroatoms. The number of hydrogen-bond acceptors (Lipinski definition) is 0. The summed E-state index contributed by atoms with van der Waals surface area (Å²) in [5, 5.41) is 0. The van der Waals surface area contributed by atoms with Crippen LogP contribution < -0.4 is 0 Å². The molecule has 0 rings (SSSR count). The highest BCUT2D eigenvalue weighted by Gasteiger charge is 1.66. The fraction of sp³-hybridized carbons (Fsp3) is 0.733. The van der Waals surface area contributed by atoms with E-state index in [2.05, 4.69) is 6.58 Å². The van der Waals surface area contributed by atoms with Crippen LogP contribution in [-0.4, -0.2) is 0 Å². The first-order valence-electron chi connectivity index (χ1n) is 6.06. The Morgan fingerprint density at radius 3 is 1.00 bits per heavy atom. The third kappa shape index (κ3) is 147. The minimum absolute atomic E-state index is 0. The molecule has 0 saturated carbocycles. The summed E-state index contributed by atoms with van der Waals surface area (Å²) in [7, 11) is 0. The fourth-order valence-corrected chi connectivity index (χ4v) is 0.118. The van der Waals surface area contributed by atoms with Crippen LogP contribution in [0.4, 0.5) is 0 Å². The van der Waals surface area contributed by atoms with E-state index in [0.29, 0.717) is 0 Å². The summed E-state index contributed by atoms with van der Waals surface area (Å²) in [6.45, 7) is 23.6. The summed E-state index contributed by atoms with van der Waals surface area (Å²) in [4.78, 5) is 0. The van der Waals surface area contributed by atoms with Crippen LogP contribution in [0.1, 0.15) is 76.7 Å². The summed E-state index contributed by atoms with van der Waals surface area (Å²) in [6.07, 6.45) is 3.85. The van der Waals surface area contributed by atoms with Gasteiger partial charge in [0.25, 0.3) is 0 Å². The molecule has 0 heterocycles. The van der Waals surface area contributed by atoms with E-state index in [1.165, 1.54) is 5.57 Å². The van der Waals surface area contributed by atoms with Crippen molar-refractivity contribution in [3.63, 3.8) is 0 Å². The molecule has 0 N–H and O–H groups in total. The van der Waals surface area contributed by atoms with Gasteiger partial charge in [0.2, 0.25) is 0 Å². The van der Waals surface area contributed by atoms with Crippen LogP contribution in [0.5, 0.6) is 0 Å². The first kappa shape index (κ1) is 36.6. The molecule has 0 saturated heterocycles. The van der Waals surface area contributed by atoms with Gasteiger partial charge < -0.3 is 0 Å². The molecule has 0 aliphatic heterocycles. The van der Waals surface area contributed by atoms with Crippen LogP contribution in [0, 0.1) is 0 Å². The zero-order chi connectivity index (χ0) is 13.0. The Kier molecular flexibility index (Phi) is 255. The third-order valence-electron chi connectivity index (χ3n) is 0.777. The van der Waals surface area contributed by atoms with E-state index in [1.54, 1.807) is 0 Å². The van der Waals surface area contributed by atoms with Gasteiger partial charge in [0, 0.05) is 0 Å². The van der Waals surface area contributed by atoms with Crippen molar-refractivity contribution in [2.45, 2.75) is 76.7 Å². The molecular weight excluding hydrogens is 180 g/mol. The average Bonchev–Trinajstić information content (AvgIpc) is 2.38. The lowest BCUT2D eigenvalue weighted by atomic mass is 10.3. The Morgan fingerprint density at radius 1 is 0.800 bits per heavy atom. The van der Waals surface area contributed by atoms with Gasteiger partial charge in [-0.15, -0.1) is 0 Å². The molecular formula is C15H38. The summed E-state index contributed by atoms with van der Waals surface area (Å²) in [6, 6.07) is 0. The van der Waals surface area contributed by atoms with Crippen LogP contribution in [0.2, 0.25) is 0 Å². The van der Waals surface area contributed by atoms with Gasteiger partial charge in [0.05, 0.1) is 0 Å². The van der Waals surface area contributed by atoms with Crippen LogP contribution >= 0.6 is 0 Å². The van der Waals surface area contributed by atoms with Gasteiger partial charge in [-0.1, -0.05) is 87.1 Å². The maximum atomic E-state index is 3.56. The highest BCUT2D eigenvalue weighted by atomic mass is 13.7. The molecule has 15 heavy (non-hydrogen) atoms. The standard InChI is InChI=1S/C6H10.4C2H6.CH4/c1-4-6(3)5-2;4*1-2;/h4-5H,1H2,2-3H3;4*1-2H3;1H4/b6-5-;;;;;. The average molecular weight is 218 g/mol. The topological polar surface area (TPSA) is 0 Å². The van der Waals surface area contributed by atoms with E-state index in [4.69, 9.17) is 0 Å². The molecule has 0 aromatic heterocycles. The van der Waals surface area contributed by atoms with Gasteiger partial charge >= 0.3 is 0 Å². The van der Waals surface area contributed by atoms with E-state index < -0.39 is 0 Å². The van der Waals surface area contributed by atoms with Crippen molar-refractivity contribution in [1.82, 2.24) is 0 Å². The van der Waals surface area contributed by atoms with Crippen LogP contribution in [0.3, 0.4) is 0 Å². The summed E-state index contributed by atoms with van der Waals surface area (Å²) in [5.74, 6) is 0. The summed E-state index contributed by atoms with van der Waals surface area (Å²) in [5.41, 5.74) is 1.23. The molecule has 0 aliphatic rings. The Morgan fingerprint density at radius 2 is 1.00 bits per heavy atom. The van der Waals surface area contributed by atoms with Gasteiger partial charge in [0.15, 0.2) is 0 Å². The SMILES string of the molecule is C.C=C/C(C)=C\C.CC.CC.CC.CC. The van der Waals surface area contributed by atoms with Gasteiger partial charge in [0.1, 0.15) is 0 Å². The van der Waals surface area contributed by atoms with Gasteiger partial charge in [-0.25, -0.2) is 0 Å². The Balaban J connectivity index is -0.0000000194. The van der Waals surface area contributed by atoms with Crippen LogP contribution in [0.15, 0.2) is 24.3 Å². The molecule has 0 spiro atoms. The highest BCUT2D eigenvalue weighted by Crippen LogP contribution is 1.88. The third-order valence-corrected chi connectivity index (χ3v) is 0.777. The maximum Gasteiger partial charge on any atom is -0.0401 e. The maximum absolute atomic E-state index is 3.56. The molecule has 0 nitrogen and oxygen atoms in total. The number of allylic oxidation sites excluding steroid dienone is 3. The van der Waals surface area contributed by atoms with Gasteiger partial charge in [-0.05, 0) is 13.8 Å². The van der Waals surface area contributed by atoms with E-state index >= 15 is 0 Å². The Hall–Kier alpha value is -0.520. The van der Waals surface area contributed by atoms with Crippen LogP contribution in [0.25, 0.3) is 0 Å². The molecule has 0 bridgehead atoms.